The molecule has 5 nitrogen and oxygen atoms in total. The van der Waals surface area contributed by atoms with Crippen LogP contribution in [0.3, 0.4) is 0 Å². The van der Waals surface area contributed by atoms with Crippen molar-refractivity contribution >= 4 is 11.7 Å². The fraction of sp³-hybridized carbons (Fsp3) is 0.400. The van der Waals surface area contributed by atoms with Crippen LogP contribution >= 0.6 is 0 Å². The lowest BCUT2D eigenvalue weighted by Gasteiger charge is -2.37. The van der Waals surface area contributed by atoms with Gasteiger partial charge in [-0.25, -0.2) is 9.37 Å². The van der Waals surface area contributed by atoms with Crippen molar-refractivity contribution in [1.82, 2.24) is 9.88 Å². The number of likely N-dealkylation sites (tertiary alicyclic amines) is 1. The summed E-state index contributed by atoms with van der Waals surface area (Å²) in [7, 11) is 1.73. The van der Waals surface area contributed by atoms with Crippen molar-refractivity contribution in [3.05, 3.63) is 60.0 Å². The molecule has 0 aliphatic carbocycles. The summed E-state index contributed by atoms with van der Waals surface area (Å²) in [6, 6.07) is 12.0. The van der Waals surface area contributed by atoms with Crippen LogP contribution in [-0.4, -0.2) is 48.6 Å². The van der Waals surface area contributed by atoms with Gasteiger partial charge in [0.1, 0.15) is 11.6 Å². The standard InChI is InChI=1S/C20H24FN3O2/c1-26-18-9-11-24(14-20(25)23-19-4-2-3-10-22-19)13-16(18)12-15-5-7-17(21)8-6-15/h2-8,10,16,18H,9,11-14H2,1H3,(H,22,23,25)/t16-,18-/m1/s1. The first-order chi connectivity index (χ1) is 12.6. The van der Waals surface area contributed by atoms with E-state index >= 15 is 0 Å². The topological polar surface area (TPSA) is 54.5 Å². The Morgan fingerprint density at radius 3 is 2.81 bits per heavy atom. The average molecular weight is 357 g/mol. The summed E-state index contributed by atoms with van der Waals surface area (Å²) in [4.78, 5) is 18.5. The smallest absolute Gasteiger partial charge is 0.239 e. The molecule has 2 aromatic rings. The molecule has 1 aromatic heterocycles. The Hall–Kier alpha value is -2.31. The number of pyridine rings is 1. The summed E-state index contributed by atoms with van der Waals surface area (Å²) in [5.74, 6) is 0.530. The first-order valence-corrected chi connectivity index (χ1v) is 8.84. The Labute approximate surface area is 153 Å². The fourth-order valence-electron chi connectivity index (χ4n) is 3.48. The maximum Gasteiger partial charge on any atom is 0.239 e. The molecule has 0 spiro atoms. The van der Waals surface area contributed by atoms with Crippen molar-refractivity contribution in [3.8, 4) is 0 Å². The number of methoxy groups -OCH3 is 1. The molecule has 26 heavy (non-hydrogen) atoms. The first-order valence-electron chi connectivity index (χ1n) is 8.84. The number of carbonyl (C=O) groups excluding carboxylic acids is 1. The van der Waals surface area contributed by atoms with E-state index in [1.165, 1.54) is 12.1 Å². The lowest BCUT2D eigenvalue weighted by Crippen LogP contribution is -2.47. The minimum atomic E-state index is -0.228. The summed E-state index contributed by atoms with van der Waals surface area (Å²) >= 11 is 0. The minimum absolute atomic E-state index is 0.0694. The molecule has 1 aromatic carbocycles. The third kappa shape index (κ3) is 5.09. The number of anilines is 1. The van der Waals surface area contributed by atoms with E-state index in [-0.39, 0.29) is 23.7 Å². The van der Waals surface area contributed by atoms with E-state index in [0.29, 0.717) is 12.4 Å². The predicted octanol–water partition coefficient (Wildman–Crippen LogP) is 2.74. The largest absolute Gasteiger partial charge is 0.381 e. The molecule has 6 heteroatoms. The van der Waals surface area contributed by atoms with Gasteiger partial charge in [0.25, 0.3) is 0 Å². The van der Waals surface area contributed by atoms with Gasteiger partial charge in [0.2, 0.25) is 5.91 Å². The zero-order chi connectivity index (χ0) is 18.4. The van der Waals surface area contributed by atoms with Crippen LogP contribution in [-0.2, 0) is 16.0 Å². The van der Waals surface area contributed by atoms with Gasteiger partial charge < -0.3 is 10.1 Å². The van der Waals surface area contributed by atoms with Crippen LogP contribution in [0.5, 0.6) is 0 Å². The van der Waals surface area contributed by atoms with Crippen LogP contribution in [0.15, 0.2) is 48.7 Å². The second kappa shape index (κ2) is 8.87. The molecule has 0 bridgehead atoms. The van der Waals surface area contributed by atoms with Gasteiger partial charge >= 0.3 is 0 Å². The summed E-state index contributed by atoms with van der Waals surface area (Å²) < 4.78 is 18.7. The molecule has 2 heterocycles. The van der Waals surface area contributed by atoms with Crippen molar-refractivity contribution in [2.24, 2.45) is 5.92 Å². The second-order valence-corrected chi connectivity index (χ2v) is 6.65. The van der Waals surface area contributed by atoms with Crippen LogP contribution in [0.2, 0.25) is 0 Å². The number of halogens is 1. The van der Waals surface area contributed by atoms with E-state index in [1.807, 2.05) is 24.3 Å². The number of piperidine rings is 1. The maximum atomic E-state index is 13.1. The highest BCUT2D eigenvalue weighted by Gasteiger charge is 2.30. The van der Waals surface area contributed by atoms with Gasteiger partial charge in [0.05, 0.1) is 12.6 Å². The van der Waals surface area contributed by atoms with Crippen LogP contribution in [0.4, 0.5) is 10.2 Å². The van der Waals surface area contributed by atoms with Gasteiger partial charge in [-0.1, -0.05) is 18.2 Å². The molecule has 1 aliphatic heterocycles. The lowest BCUT2D eigenvalue weighted by molar-refractivity contribution is -0.118. The third-order valence-corrected chi connectivity index (χ3v) is 4.76. The number of nitrogens with one attached hydrogen (secondary N) is 1. The number of hydrogen-bond donors (Lipinski definition) is 1. The number of ether oxygens (including phenoxy) is 1. The Bertz CT molecular complexity index is 709. The Balaban J connectivity index is 1.57. The van der Waals surface area contributed by atoms with Crippen molar-refractivity contribution in [1.29, 1.82) is 0 Å². The maximum absolute atomic E-state index is 13.1. The highest BCUT2D eigenvalue weighted by Crippen LogP contribution is 2.24. The monoisotopic (exact) mass is 357 g/mol. The van der Waals surface area contributed by atoms with E-state index in [2.05, 4.69) is 15.2 Å². The van der Waals surface area contributed by atoms with E-state index < -0.39 is 0 Å². The van der Waals surface area contributed by atoms with Crippen LogP contribution in [0.1, 0.15) is 12.0 Å². The van der Waals surface area contributed by atoms with Crippen molar-refractivity contribution < 1.29 is 13.9 Å². The van der Waals surface area contributed by atoms with Crippen LogP contribution < -0.4 is 5.32 Å². The Morgan fingerprint density at radius 2 is 2.12 bits per heavy atom. The zero-order valence-corrected chi connectivity index (χ0v) is 14.9. The number of rotatable bonds is 6. The molecule has 1 saturated heterocycles. The number of aromatic nitrogens is 1. The molecule has 0 radical (unpaired) electrons. The molecule has 2 atom stereocenters. The molecule has 138 valence electrons. The number of nitrogens with zero attached hydrogens (tertiary/aromatic N) is 2. The van der Waals surface area contributed by atoms with E-state index in [0.717, 1.165) is 31.5 Å². The van der Waals surface area contributed by atoms with E-state index in [4.69, 9.17) is 4.74 Å². The summed E-state index contributed by atoms with van der Waals surface area (Å²) in [6.45, 7) is 1.91. The predicted molar refractivity (Wildman–Crippen MR) is 98.3 cm³/mol. The van der Waals surface area contributed by atoms with Gasteiger partial charge in [0.15, 0.2) is 0 Å². The highest BCUT2D eigenvalue weighted by atomic mass is 19.1. The summed E-state index contributed by atoms with van der Waals surface area (Å²) in [5, 5.41) is 2.82. The van der Waals surface area contributed by atoms with E-state index in [9.17, 15) is 9.18 Å². The molecule has 1 fully saturated rings. The van der Waals surface area contributed by atoms with Crippen molar-refractivity contribution in [3.63, 3.8) is 0 Å². The summed E-state index contributed by atoms with van der Waals surface area (Å²) in [5.41, 5.74) is 1.08. The highest BCUT2D eigenvalue weighted by molar-refractivity contribution is 5.91. The average Bonchev–Trinajstić information content (AvgIpc) is 2.65. The van der Waals surface area contributed by atoms with Gasteiger partial charge in [0, 0.05) is 32.3 Å². The molecule has 0 saturated carbocycles. The SMILES string of the molecule is CO[C@@H]1CCN(CC(=O)Nc2ccccn2)C[C@H]1Cc1ccc(F)cc1. The van der Waals surface area contributed by atoms with Crippen molar-refractivity contribution in [2.45, 2.75) is 18.9 Å². The Morgan fingerprint density at radius 1 is 1.31 bits per heavy atom. The van der Waals surface area contributed by atoms with Gasteiger partial charge in [-0.2, -0.15) is 0 Å². The molecular formula is C20H24FN3O2. The minimum Gasteiger partial charge on any atom is -0.381 e. The normalized spacial score (nSPS) is 20.7. The molecule has 3 rings (SSSR count). The second-order valence-electron chi connectivity index (χ2n) is 6.65. The molecule has 0 unspecified atom stereocenters. The molecule has 1 amide bonds. The number of amides is 1. The molecule has 1 N–H and O–H groups in total. The third-order valence-electron chi connectivity index (χ3n) is 4.76. The lowest BCUT2D eigenvalue weighted by atomic mass is 9.88. The van der Waals surface area contributed by atoms with Gasteiger partial charge in [-0.15, -0.1) is 0 Å². The van der Waals surface area contributed by atoms with E-state index in [1.54, 1.807) is 19.4 Å². The molecular weight excluding hydrogens is 333 g/mol. The summed E-state index contributed by atoms with van der Waals surface area (Å²) in [6.07, 6.45) is 3.48. The number of benzene rings is 1. The first kappa shape index (κ1) is 18.5. The number of hydrogen-bond acceptors (Lipinski definition) is 4. The van der Waals surface area contributed by atoms with Gasteiger partial charge in [-0.3, -0.25) is 9.69 Å². The van der Waals surface area contributed by atoms with Crippen LogP contribution in [0.25, 0.3) is 0 Å². The Kier molecular flexibility index (Phi) is 6.30. The molecule has 1 aliphatic rings. The zero-order valence-electron chi connectivity index (χ0n) is 14.9. The number of carbonyl (C=O) groups is 1. The van der Waals surface area contributed by atoms with Crippen molar-refractivity contribution in [2.75, 3.05) is 32.1 Å². The quantitative estimate of drug-likeness (QED) is 0.864. The fourth-order valence-corrected chi connectivity index (χ4v) is 3.48. The van der Waals surface area contributed by atoms with Crippen LogP contribution in [0, 0.1) is 11.7 Å². The van der Waals surface area contributed by atoms with Gasteiger partial charge in [-0.05, 0) is 42.7 Å².